The van der Waals surface area contributed by atoms with Crippen molar-refractivity contribution in [3.8, 4) is 0 Å². The molecule has 3 rings (SSSR count). The Hall–Kier alpha value is -0.970. The molecule has 0 amide bonds. The van der Waals surface area contributed by atoms with Crippen molar-refractivity contribution in [2.75, 3.05) is 33.4 Å². The van der Waals surface area contributed by atoms with Gasteiger partial charge in [-0.15, -0.1) is 0 Å². The first-order valence-corrected chi connectivity index (χ1v) is 8.18. The maximum atomic E-state index is 5.57. The lowest BCUT2D eigenvalue weighted by atomic mass is 9.81. The van der Waals surface area contributed by atoms with E-state index in [1.54, 1.807) is 0 Å². The fourth-order valence-electron chi connectivity index (χ4n) is 4.28. The van der Waals surface area contributed by atoms with E-state index < -0.39 is 0 Å². The van der Waals surface area contributed by atoms with Gasteiger partial charge in [0.05, 0.1) is 19.3 Å². The van der Waals surface area contributed by atoms with Crippen molar-refractivity contribution < 1.29 is 4.74 Å². The van der Waals surface area contributed by atoms with Gasteiger partial charge in [-0.2, -0.15) is 0 Å². The SMILES string of the molecule is CNC(c1cnccc1C)C1(N2CCOCC2)CCCC1. The van der Waals surface area contributed by atoms with Gasteiger partial charge in [0.2, 0.25) is 0 Å². The summed E-state index contributed by atoms with van der Waals surface area (Å²) in [6, 6.07) is 2.48. The van der Waals surface area contributed by atoms with Gasteiger partial charge >= 0.3 is 0 Å². The highest BCUT2D eigenvalue weighted by atomic mass is 16.5. The summed E-state index contributed by atoms with van der Waals surface area (Å²) < 4.78 is 5.57. The fraction of sp³-hybridized carbons (Fsp3) is 0.706. The van der Waals surface area contributed by atoms with Crippen molar-refractivity contribution >= 4 is 0 Å². The largest absolute Gasteiger partial charge is 0.379 e. The first-order chi connectivity index (χ1) is 10.3. The first-order valence-electron chi connectivity index (χ1n) is 8.18. The number of morpholine rings is 1. The molecule has 1 unspecified atom stereocenters. The lowest BCUT2D eigenvalue weighted by Crippen LogP contribution is -2.58. The van der Waals surface area contributed by atoms with Gasteiger partial charge in [0.1, 0.15) is 0 Å². The van der Waals surface area contributed by atoms with Gasteiger partial charge in [-0.05, 0) is 44.0 Å². The van der Waals surface area contributed by atoms with Crippen LogP contribution in [-0.2, 0) is 4.74 Å². The number of aryl methyl sites for hydroxylation is 1. The molecule has 4 nitrogen and oxygen atoms in total. The van der Waals surface area contributed by atoms with E-state index in [4.69, 9.17) is 4.74 Å². The predicted octanol–water partition coefficient (Wildman–Crippen LogP) is 2.30. The Morgan fingerprint density at radius 2 is 2.00 bits per heavy atom. The second kappa shape index (κ2) is 6.42. The molecule has 1 aliphatic heterocycles. The minimum Gasteiger partial charge on any atom is -0.379 e. The second-order valence-electron chi connectivity index (χ2n) is 6.36. The van der Waals surface area contributed by atoms with Gasteiger partial charge in [0.15, 0.2) is 0 Å². The third-order valence-corrected chi connectivity index (χ3v) is 5.33. The Morgan fingerprint density at radius 3 is 2.62 bits per heavy atom. The number of hydrogen-bond donors (Lipinski definition) is 1. The molecule has 2 fully saturated rings. The second-order valence-corrected chi connectivity index (χ2v) is 6.36. The van der Waals surface area contributed by atoms with Crippen molar-refractivity contribution in [2.45, 2.75) is 44.2 Å². The molecule has 0 bridgehead atoms. The van der Waals surface area contributed by atoms with Gasteiger partial charge in [-0.3, -0.25) is 9.88 Å². The summed E-state index contributed by atoms with van der Waals surface area (Å²) in [5.41, 5.74) is 2.92. The highest BCUT2D eigenvalue weighted by Crippen LogP contribution is 2.45. The van der Waals surface area contributed by atoms with E-state index in [1.807, 2.05) is 6.20 Å². The third-order valence-electron chi connectivity index (χ3n) is 5.33. The summed E-state index contributed by atoms with van der Waals surface area (Å²) in [5, 5.41) is 3.62. The summed E-state index contributed by atoms with van der Waals surface area (Å²) >= 11 is 0. The van der Waals surface area contributed by atoms with E-state index in [2.05, 4.69) is 41.4 Å². The molecule has 2 heterocycles. The Labute approximate surface area is 127 Å². The molecule has 1 saturated carbocycles. The van der Waals surface area contributed by atoms with E-state index in [0.29, 0.717) is 6.04 Å². The maximum absolute atomic E-state index is 5.57. The van der Waals surface area contributed by atoms with Gasteiger partial charge < -0.3 is 10.1 Å². The van der Waals surface area contributed by atoms with Gasteiger partial charge in [0, 0.05) is 31.0 Å². The summed E-state index contributed by atoms with van der Waals surface area (Å²) in [4.78, 5) is 7.06. The van der Waals surface area contributed by atoms with Crippen LogP contribution in [0.4, 0.5) is 0 Å². The molecule has 0 aromatic carbocycles. The quantitative estimate of drug-likeness (QED) is 0.923. The fourth-order valence-corrected chi connectivity index (χ4v) is 4.28. The van der Waals surface area contributed by atoms with E-state index in [-0.39, 0.29) is 5.54 Å². The lowest BCUT2D eigenvalue weighted by molar-refractivity contribution is -0.0355. The predicted molar refractivity (Wildman–Crippen MR) is 84.4 cm³/mol. The average Bonchev–Trinajstić information content (AvgIpc) is 3.01. The van der Waals surface area contributed by atoms with Crippen LogP contribution < -0.4 is 5.32 Å². The van der Waals surface area contributed by atoms with Crippen molar-refractivity contribution in [1.82, 2.24) is 15.2 Å². The minimum absolute atomic E-state index is 0.228. The van der Waals surface area contributed by atoms with Crippen LogP contribution in [0, 0.1) is 6.92 Å². The van der Waals surface area contributed by atoms with E-state index in [9.17, 15) is 0 Å². The molecular formula is C17H27N3O. The van der Waals surface area contributed by atoms with Crippen molar-refractivity contribution in [3.63, 3.8) is 0 Å². The van der Waals surface area contributed by atoms with Gasteiger partial charge in [-0.25, -0.2) is 0 Å². The van der Waals surface area contributed by atoms with Crippen LogP contribution in [0.3, 0.4) is 0 Å². The Bertz CT molecular complexity index is 465. The zero-order valence-corrected chi connectivity index (χ0v) is 13.3. The summed E-state index contributed by atoms with van der Waals surface area (Å²) in [6.45, 7) is 6.03. The molecule has 1 aromatic rings. The molecule has 0 radical (unpaired) electrons. The highest BCUT2D eigenvalue weighted by Gasteiger charge is 2.46. The topological polar surface area (TPSA) is 37.4 Å². The lowest BCUT2D eigenvalue weighted by Gasteiger charge is -2.48. The molecule has 21 heavy (non-hydrogen) atoms. The zero-order valence-electron chi connectivity index (χ0n) is 13.3. The summed E-state index contributed by atoms with van der Waals surface area (Å²) in [7, 11) is 2.09. The molecule has 0 spiro atoms. The molecule has 2 aliphatic rings. The molecule has 116 valence electrons. The molecular weight excluding hydrogens is 262 g/mol. The van der Waals surface area contributed by atoms with Crippen molar-refractivity contribution in [1.29, 1.82) is 0 Å². The molecule has 1 aliphatic carbocycles. The minimum atomic E-state index is 0.228. The molecule has 4 heteroatoms. The number of aromatic nitrogens is 1. The van der Waals surface area contributed by atoms with Gasteiger partial charge in [-0.1, -0.05) is 12.8 Å². The molecule has 1 atom stereocenters. The van der Waals surface area contributed by atoms with Crippen LogP contribution in [0.15, 0.2) is 18.5 Å². The van der Waals surface area contributed by atoms with Crippen LogP contribution in [-0.4, -0.2) is 48.8 Å². The zero-order chi connectivity index (χ0) is 14.7. The number of hydrogen-bond acceptors (Lipinski definition) is 4. The first kappa shape index (κ1) is 14.9. The average molecular weight is 289 g/mol. The number of ether oxygens (including phenoxy) is 1. The van der Waals surface area contributed by atoms with Gasteiger partial charge in [0.25, 0.3) is 0 Å². The normalized spacial score (nSPS) is 24.1. The summed E-state index contributed by atoms with van der Waals surface area (Å²) in [5.74, 6) is 0. The number of likely N-dealkylation sites (N-methyl/N-ethyl adjacent to an activating group) is 1. The standard InChI is InChI=1S/C17H27N3O/c1-14-5-8-19-13-15(14)16(18-2)17(6-3-4-7-17)20-9-11-21-12-10-20/h5,8,13,16,18H,3-4,6-7,9-12H2,1-2H3. The Balaban J connectivity index is 1.96. The van der Waals surface area contributed by atoms with Crippen molar-refractivity contribution in [3.05, 3.63) is 29.6 Å². The molecule has 1 aromatic heterocycles. The van der Waals surface area contributed by atoms with E-state index in [0.717, 1.165) is 26.3 Å². The van der Waals surface area contributed by atoms with Crippen LogP contribution in [0.5, 0.6) is 0 Å². The van der Waals surface area contributed by atoms with E-state index >= 15 is 0 Å². The van der Waals surface area contributed by atoms with Crippen molar-refractivity contribution in [2.24, 2.45) is 0 Å². The summed E-state index contributed by atoms with van der Waals surface area (Å²) in [6.07, 6.45) is 9.14. The van der Waals surface area contributed by atoms with Crippen LogP contribution in [0.25, 0.3) is 0 Å². The van der Waals surface area contributed by atoms with Crippen LogP contribution in [0.1, 0.15) is 42.9 Å². The van der Waals surface area contributed by atoms with Crippen LogP contribution in [0.2, 0.25) is 0 Å². The Kier molecular flexibility index (Phi) is 4.57. The maximum Gasteiger partial charge on any atom is 0.0594 e. The number of nitrogens with zero attached hydrogens (tertiary/aromatic N) is 2. The van der Waals surface area contributed by atoms with E-state index in [1.165, 1.54) is 36.8 Å². The number of rotatable bonds is 4. The third kappa shape index (κ3) is 2.72. The van der Waals surface area contributed by atoms with Crippen LogP contribution >= 0.6 is 0 Å². The number of nitrogens with one attached hydrogen (secondary N) is 1. The monoisotopic (exact) mass is 289 g/mol. The molecule has 1 N–H and O–H groups in total. The number of pyridine rings is 1. The highest BCUT2D eigenvalue weighted by molar-refractivity contribution is 5.29. The Morgan fingerprint density at radius 1 is 1.29 bits per heavy atom. The smallest absolute Gasteiger partial charge is 0.0594 e. The molecule has 1 saturated heterocycles.